The fraction of sp³-hybridized carbons (Fsp3) is 0.800. The zero-order valence-corrected chi connectivity index (χ0v) is 15.9. The molecule has 0 spiro atoms. The molecule has 0 bridgehead atoms. The van der Waals surface area contributed by atoms with Crippen LogP contribution in [0.4, 0.5) is 0 Å². The molecule has 2 fully saturated rings. The molecule has 1 aliphatic carbocycles. The number of hydrogen-bond donors (Lipinski definition) is 1. The van der Waals surface area contributed by atoms with Crippen molar-refractivity contribution in [3.8, 4) is 0 Å². The highest BCUT2D eigenvalue weighted by Gasteiger charge is 2.25. The lowest BCUT2D eigenvalue weighted by Crippen LogP contribution is -2.40. The first-order chi connectivity index (χ1) is 12.1. The summed E-state index contributed by atoms with van der Waals surface area (Å²) in [6.07, 6.45) is 13.2. The van der Waals surface area contributed by atoms with Crippen molar-refractivity contribution in [1.29, 1.82) is 0 Å². The van der Waals surface area contributed by atoms with Gasteiger partial charge in [-0.25, -0.2) is 4.98 Å². The van der Waals surface area contributed by atoms with Crippen LogP contribution in [-0.4, -0.2) is 46.0 Å². The minimum absolute atomic E-state index is 0.234. The van der Waals surface area contributed by atoms with Crippen LogP contribution in [0.2, 0.25) is 0 Å². The molecule has 1 saturated heterocycles. The smallest absolute Gasteiger partial charge is 0.221 e. The van der Waals surface area contributed by atoms with E-state index < -0.39 is 0 Å². The Hall–Kier alpha value is -1.36. The van der Waals surface area contributed by atoms with Crippen molar-refractivity contribution in [2.45, 2.75) is 83.2 Å². The maximum Gasteiger partial charge on any atom is 0.221 e. The fourth-order valence-corrected chi connectivity index (χ4v) is 4.35. The van der Waals surface area contributed by atoms with E-state index in [-0.39, 0.29) is 5.91 Å². The van der Waals surface area contributed by atoms with Gasteiger partial charge >= 0.3 is 0 Å². The third-order valence-corrected chi connectivity index (χ3v) is 5.75. The molecule has 2 aliphatic rings. The van der Waals surface area contributed by atoms with Gasteiger partial charge in [-0.2, -0.15) is 0 Å². The van der Waals surface area contributed by atoms with Crippen molar-refractivity contribution >= 4 is 5.91 Å². The summed E-state index contributed by atoms with van der Waals surface area (Å²) >= 11 is 0. The molecule has 25 heavy (non-hydrogen) atoms. The lowest BCUT2D eigenvalue weighted by Gasteiger charge is -2.33. The molecule has 1 atom stereocenters. The van der Waals surface area contributed by atoms with Gasteiger partial charge in [-0.05, 0) is 46.1 Å². The normalized spacial score (nSPS) is 23.1. The maximum atomic E-state index is 12.3. The molecule has 0 radical (unpaired) electrons. The highest BCUT2D eigenvalue weighted by atomic mass is 16.1. The summed E-state index contributed by atoms with van der Waals surface area (Å²) in [5, 5.41) is 3.24. The van der Waals surface area contributed by atoms with E-state index in [9.17, 15) is 4.79 Å². The van der Waals surface area contributed by atoms with Crippen molar-refractivity contribution in [2.24, 2.45) is 0 Å². The lowest BCUT2D eigenvalue weighted by atomic mass is 9.95. The second kappa shape index (κ2) is 8.84. The van der Waals surface area contributed by atoms with E-state index in [2.05, 4.69) is 39.8 Å². The molecule has 1 aromatic rings. The van der Waals surface area contributed by atoms with Gasteiger partial charge in [0.1, 0.15) is 5.82 Å². The number of imidazole rings is 1. The molecule has 1 aromatic heterocycles. The Morgan fingerprint density at radius 3 is 2.80 bits per heavy atom. The summed E-state index contributed by atoms with van der Waals surface area (Å²) in [5.41, 5.74) is 0. The van der Waals surface area contributed by atoms with Crippen molar-refractivity contribution in [3.63, 3.8) is 0 Å². The second-order valence-corrected chi connectivity index (χ2v) is 8.08. The number of carbonyl (C=O) groups excluding carboxylic acids is 1. The average molecular weight is 347 g/mol. The first-order valence-electron chi connectivity index (χ1n) is 10.2. The summed E-state index contributed by atoms with van der Waals surface area (Å²) in [5.74, 6) is 1.94. The Kier molecular flexibility index (Phi) is 6.51. The van der Waals surface area contributed by atoms with Crippen LogP contribution in [0.5, 0.6) is 0 Å². The minimum Gasteiger partial charge on any atom is -0.353 e. The van der Waals surface area contributed by atoms with Gasteiger partial charge < -0.3 is 14.8 Å². The van der Waals surface area contributed by atoms with Gasteiger partial charge in [0.05, 0.1) is 0 Å². The summed E-state index contributed by atoms with van der Waals surface area (Å²) in [6, 6.07) is 0.878. The first kappa shape index (κ1) is 18.4. The van der Waals surface area contributed by atoms with E-state index in [0.29, 0.717) is 24.4 Å². The van der Waals surface area contributed by atoms with Crippen LogP contribution in [0.15, 0.2) is 12.4 Å². The summed E-state index contributed by atoms with van der Waals surface area (Å²) < 4.78 is 2.30. The fourth-order valence-electron chi connectivity index (χ4n) is 4.35. The number of nitrogens with one attached hydrogen (secondary N) is 1. The molecular formula is C20H34N4O. The third-order valence-electron chi connectivity index (χ3n) is 5.75. The molecule has 140 valence electrons. The van der Waals surface area contributed by atoms with Crippen LogP contribution in [0, 0.1) is 0 Å². The predicted octanol–water partition coefficient (Wildman–Crippen LogP) is 3.48. The van der Waals surface area contributed by atoms with Gasteiger partial charge in [-0.15, -0.1) is 0 Å². The van der Waals surface area contributed by atoms with E-state index >= 15 is 0 Å². The Labute approximate surface area is 152 Å². The van der Waals surface area contributed by atoms with Gasteiger partial charge in [0.25, 0.3) is 0 Å². The van der Waals surface area contributed by atoms with E-state index in [1.807, 2.05) is 6.20 Å². The maximum absolute atomic E-state index is 12.3. The zero-order chi connectivity index (χ0) is 17.6. The molecule has 0 unspecified atom stereocenters. The van der Waals surface area contributed by atoms with E-state index in [0.717, 1.165) is 32.5 Å². The van der Waals surface area contributed by atoms with Crippen molar-refractivity contribution in [2.75, 3.05) is 19.6 Å². The van der Waals surface area contributed by atoms with Crippen molar-refractivity contribution < 1.29 is 4.79 Å². The SMILES string of the molecule is CC(C)n1ccnc1[C@@H]1CCCN(CCC(=O)NC2CCCCC2)C1. The number of piperidine rings is 1. The predicted molar refractivity (Wildman–Crippen MR) is 101 cm³/mol. The molecule has 5 heteroatoms. The van der Waals surface area contributed by atoms with Gasteiger partial charge in [0.2, 0.25) is 5.91 Å². The van der Waals surface area contributed by atoms with Crippen molar-refractivity contribution in [3.05, 3.63) is 18.2 Å². The van der Waals surface area contributed by atoms with Gasteiger partial charge in [0, 0.05) is 49.9 Å². The highest BCUT2D eigenvalue weighted by molar-refractivity contribution is 5.76. The molecule has 5 nitrogen and oxygen atoms in total. The van der Waals surface area contributed by atoms with Crippen LogP contribution in [0.3, 0.4) is 0 Å². The van der Waals surface area contributed by atoms with Crippen LogP contribution < -0.4 is 5.32 Å². The summed E-state index contributed by atoms with van der Waals surface area (Å²) in [6.45, 7) is 7.43. The number of rotatable bonds is 6. The largest absolute Gasteiger partial charge is 0.353 e. The van der Waals surface area contributed by atoms with Crippen molar-refractivity contribution in [1.82, 2.24) is 19.8 Å². The quantitative estimate of drug-likeness (QED) is 0.858. The summed E-state index contributed by atoms with van der Waals surface area (Å²) in [4.78, 5) is 19.3. The first-order valence-corrected chi connectivity index (χ1v) is 10.2. The zero-order valence-electron chi connectivity index (χ0n) is 15.9. The Morgan fingerprint density at radius 2 is 2.04 bits per heavy atom. The number of hydrogen-bond acceptors (Lipinski definition) is 3. The molecule has 1 amide bonds. The van der Waals surface area contributed by atoms with Crippen LogP contribution in [-0.2, 0) is 4.79 Å². The third kappa shape index (κ3) is 5.06. The number of amides is 1. The van der Waals surface area contributed by atoms with Crippen LogP contribution in [0.25, 0.3) is 0 Å². The summed E-state index contributed by atoms with van der Waals surface area (Å²) in [7, 11) is 0. The second-order valence-electron chi connectivity index (χ2n) is 8.08. The van der Waals surface area contributed by atoms with E-state index in [4.69, 9.17) is 0 Å². The standard InChI is InChI=1S/C20H34N4O/c1-16(2)24-14-11-21-20(24)17-7-6-12-23(15-17)13-10-19(25)22-18-8-4-3-5-9-18/h11,14,16-18H,3-10,12-13,15H2,1-2H3,(H,22,25)/t17-/m1/s1. The van der Waals surface area contributed by atoms with Gasteiger partial charge in [0.15, 0.2) is 0 Å². The molecular weight excluding hydrogens is 312 g/mol. The Balaban J connectivity index is 1.46. The van der Waals surface area contributed by atoms with Crippen LogP contribution >= 0.6 is 0 Å². The average Bonchev–Trinajstić information content (AvgIpc) is 3.11. The number of carbonyl (C=O) groups is 1. The molecule has 3 rings (SSSR count). The van der Waals surface area contributed by atoms with Gasteiger partial charge in [-0.3, -0.25) is 4.79 Å². The number of nitrogens with zero attached hydrogens (tertiary/aromatic N) is 3. The highest BCUT2D eigenvalue weighted by Crippen LogP contribution is 2.27. The molecule has 1 N–H and O–H groups in total. The lowest BCUT2D eigenvalue weighted by molar-refractivity contribution is -0.122. The van der Waals surface area contributed by atoms with E-state index in [1.54, 1.807) is 0 Å². The number of aromatic nitrogens is 2. The topological polar surface area (TPSA) is 50.2 Å². The van der Waals surface area contributed by atoms with Gasteiger partial charge in [-0.1, -0.05) is 19.3 Å². The molecule has 2 heterocycles. The number of likely N-dealkylation sites (tertiary alicyclic amines) is 1. The van der Waals surface area contributed by atoms with Crippen LogP contribution in [0.1, 0.15) is 83.0 Å². The monoisotopic (exact) mass is 346 g/mol. The Morgan fingerprint density at radius 1 is 1.24 bits per heavy atom. The molecule has 1 aliphatic heterocycles. The molecule has 0 aromatic carbocycles. The Bertz CT molecular complexity index is 548. The van der Waals surface area contributed by atoms with E-state index in [1.165, 1.54) is 37.9 Å². The molecule has 1 saturated carbocycles. The minimum atomic E-state index is 0.234.